The third-order valence-electron chi connectivity index (χ3n) is 6.98. The summed E-state index contributed by atoms with van der Waals surface area (Å²) in [5.74, 6) is 0.0882. The van der Waals surface area contributed by atoms with Gasteiger partial charge in [0.1, 0.15) is 17.6 Å². The van der Waals surface area contributed by atoms with Crippen molar-refractivity contribution in [3.05, 3.63) is 59.4 Å². The Morgan fingerprint density at radius 1 is 1.06 bits per heavy atom. The van der Waals surface area contributed by atoms with Crippen LogP contribution >= 0.6 is 0 Å². The second-order valence-electron chi connectivity index (χ2n) is 9.09. The summed E-state index contributed by atoms with van der Waals surface area (Å²) in [6, 6.07) is 9.79. The number of piperidine rings is 1. The Morgan fingerprint density at radius 3 is 2.50 bits per heavy atom. The van der Waals surface area contributed by atoms with E-state index < -0.39 is 23.5 Å². The van der Waals surface area contributed by atoms with Crippen LogP contribution in [0.25, 0.3) is 0 Å². The largest absolute Gasteiger partial charge is 0.454 e. The van der Waals surface area contributed by atoms with Crippen molar-refractivity contribution in [1.29, 1.82) is 0 Å². The smallest absolute Gasteiger partial charge is 0.256 e. The highest BCUT2D eigenvalue weighted by Gasteiger charge is 2.54. The number of hydrogen-bond donors (Lipinski definition) is 1. The van der Waals surface area contributed by atoms with Crippen LogP contribution in [0.5, 0.6) is 11.5 Å². The molecule has 3 heterocycles. The molecule has 1 N–H and O–H groups in total. The van der Waals surface area contributed by atoms with Gasteiger partial charge in [0.25, 0.3) is 5.91 Å². The van der Waals surface area contributed by atoms with Crippen LogP contribution in [0.2, 0.25) is 0 Å². The molecule has 5 rings (SSSR count). The molecule has 2 aromatic carbocycles. The SMILES string of the molecule is CCC(=O)N1CCC2(CC1)OCC(C(=O)NCc1ccc3c(c1)OCO3)N2C(=O)c1ccc(F)cc1. The second-order valence-corrected chi connectivity index (χ2v) is 9.09. The Labute approximate surface area is 208 Å². The molecule has 1 atom stereocenters. The number of carbonyl (C=O) groups excluding carboxylic acids is 3. The number of benzene rings is 2. The fraction of sp³-hybridized carbons (Fsp3) is 0.423. The molecule has 0 aromatic heterocycles. The number of nitrogens with one attached hydrogen (secondary N) is 1. The minimum absolute atomic E-state index is 0.0294. The number of amides is 3. The molecule has 3 amide bonds. The van der Waals surface area contributed by atoms with E-state index in [0.717, 1.165) is 5.56 Å². The molecule has 3 aliphatic rings. The average Bonchev–Trinajstić information content (AvgIpc) is 3.52. The van der Waals surface area contributed by atoms with Gasteiger partial charge in [-0.1, -0.05) is 13.0 Å². The highest BCUT2D eigenvalue weighted by atomic mass is 19.1. The Balaban J connectivity index is 1.35. The highest BCUT2D eigenvalue weighted by Crippen LogP contribution is 2.39. The Hall–Kier alpha value is -3.66. The third-order valence-corrected chi connectivity index (χ3v) is 6.98. The average molecular weight is 498 g/mol. The molecule has 0 saturated carbocycles. The quantitative estimate of drug-likeness (QED) is 0.682. The van der Waals surface area contributed by atoms with Gasteiger partial charge in [-0.05, 0) is 42.0 Å². The zero-order valence-electron chi connectivity index (χ0n) is 20.0. The van der Waals surface area contributed by atoms with E-state index in [1.54, 1.807) is 17.0 Å². The Morgan fingerprint density at radius 2 is 1.78 bits per heavy atom. The van der Waals surface area contributed by atoms with E-state index in [9.17, 15) is 18.8 Å². The number of nitrogens with zero attached hydrogens (tertiary/aromatic N) is 2. The summed E-state index contributed by atoms with van der Waals surface area (Å²) < 4.78 is 30.4. The molecule has 1 spiro atoms. The van der Waals surface area contributed by atoms with Gasteiger partial charge in [0.05, 0.1) is 6.61 Å². The van der Waals surface area contributed by atoms with E-state index in [0.29, 0.717) is 43.9 Å². The lowest BCUT2D eigenvalue weighted by molar-refractivity contribution is -0.143. The van der Waals surface area contributed by atoms with Crippen LogP contribution in [-0.4, -0.2) is 65.8 Å². The highest BCUT2D eigenvalue weighted by molar-refractivity contribution is 5.98. The van der Waals surface area contributed by atoms with Gasteiger partial charge in [0.2, 0.25) is 18.6 Å². The van der Waals surface area contributed by atoms with Crippen LogP contribution in [0.4, 0.5) is 4.39 Å². The predicted molar refractivity (Wildman–Crippen MR) is 126 cm³/mol. The molecule has 9 nitrogen and oxygen atoms in total. The molecule has 10 heteroatoms. The topological polar surface area (TPSA) is 97.4 Å². The molecule has 36 heavy (non-hydrogen) atoms. The van der Waals surface area contributed by atoms with E-state index in [1.165, 1.54) is 29.2 Å². The van der Waals surface area contributed by atoms with E-state index >= 15 is 0 Å². The number of halogens is 1. The lowest BCUT2D eigenvalue weighted by Gasteiger charge is -2.44. The molecular formula is C26H28FN3O6. The van der Waals surface area contributed by atoms with Crippen molar-refractivity contribution in [1.82, 2.24) is 15.1 Å². The molecule has 3 aliphatic heterocycles. The normalized spacial score (nSPS) is 20.0. The Kier molecular flexibility index (Phi) is 6.53. The minimum Gasteiger partial charge on any atom is -0.454 e. The maximum absolute atomic E-state index is 13.7. The number of fused-ring (bicyclic) bond motifs is 1. The Bertz CT molecular complexity index is 1160. The zero-order chi connectivity index (χ0) is 25.3. The van der Waals surface area contributed by atoms with E-state index in [1.807, 2.05) is 13.0 Å². The second kappa shape index (κ2) is 9.77. The summed E-state index contributed by atoms with van der Waals surface area (Å²) in [5.41, 5.74) is 0.0717. The van der Waals surface area contributed by atoms with Gasteiger partial charge in [-0.2, -0.15) is 0 Å². The molecule has 190 valence electrons. The number of likely N-dealkylation sites (tertiary alicyclic amines) is 1. The van der Waals surface area contributed by atoms with Crippen LogP contribution in [0, 0.1) is 5.82 Å². The molecule has 2 fully saturated rings. The van der Waals surface area contributed by atoms with Gasteiger partial charge < -0.3 is 24.4 Å². The number of hydrogen-bond acceptors (Lipinski definition) is 6. The van der Waals surface area contributed by atoms with Crippen molar-refractivity contribution in [3.63, 3.8) is 0 Å². The predicted octanol–water partition coefficient (Wildman–Crippen LogP) is 2.44. The fourth-order valence-corrected chi connectivity index (χ4v) is 4.99. The summed E-state index contributed by atoms with van der Waals surface area (Å²) in [5, 5.41) is 2.90. The number of carbonyl (C=O) groups is 3. The summed E-state index contributed by atoms with van der Waals surface area (Å²) in [6.45, 7) is 3.08. The lowest BCUT2D eigenvalue weighted by Crippen LogP contribution is -2.59. The van der Waals surface area contributed by atoms with Crippen molar-refractivity contribution >= 4 is 17.7 Å². The van der Waals surface area contributed by atoms with Gasteiger partial charge in [0.15, 0.2) is 11.5 Å². The first-order valence-corrected chi connectivity index (χ1v) is 12.1. The monoisotopic (exact) mass is 497 g/mol. The molecule has 2 aromatic rings. The van der Waals surface area contributed by atoms with Crippen LogP contribution in [-0.2, 0) is 20.9 Å². The van der Waals surface area contributed by atoms with Gasteiger partial charge >= 0.3 is 0 Å². The summed E-state index contributed by atoms with van der Waals surface area (Å²) >= 11 is 0. The van der Waals surface area contributed by atoms with Crippen LogP contribution in [0.15, 0.2) is 42.5 Å². The van der Waals surface area contributed by atoms with Crippen LogP contribution < -0.4 is 14.8 Å². The van der Waals surface area contributed by atoms with Gasteiger partial charge in [-0.25, -0.2) is 4.39 Å². The van der Waals surface area contributed by atoms with Crippen molar-refractivity contribution in [3.8, 4) is 11.5 Å². The van der Waals surface area contributed by atoms with Gasteiger partial charge in [0, 0.05) is 44.5 Å². The molecular weight excluding hydrogens is 469 g/mol. The molecule has 0 radical (unpaired) electrons. The molecule has 0 aliphatic carbocycles. The minimum atomic E-state index is -1.02. The van der Waals surface area contributed by atoms with E-state index in [4.69, 9.17) is 14.2 Å². The summed E-state index contributed by atoms with van der Waals surface area (Å²) in [6.07, 6.45) is 1.17. The third kappa shape index (κ3) is 4.48. The summed E-state index contributed by atoms with van der Waals surface area (Å²) in [4.78, 5) is 42.4. The van der Waals surface area contributed by atoms with Crippen molar-refractivity contribution in [2.75, 3.05) is 26.5 Å². The van der Waals surface area contributed by atoms with Gasteiger partial charge in [-0.3, -0.25) is 19.3 Å². The fourth-order valence-electron chi connectivity index (χ4n) is 4.99. The van der Waals surface area contributed by atoms with E-state index in [-0.39, 0.29) is 37.3 Å². The standard InChI is InChI=1S/C26H28FN3O6/c1-2-23(31)29-11-9-26(10-12-29)30(25(33)18-4-6-19(27)7-5-18)20(15-36-26)24(32)28-14-17-3-8-21-22(13-17)35-16-34-21/h3-8,13,20H,2,9-12,14-16H2,1H3,(H,28,32). The summed E-state index contributed by atoms with van der Waals surface area (Å²) in [7, 11) is 0. The molecule has 2 saturated heterocycles. The van der Waals surface area contributed by atoms with Crippen molar-refractivity contribution < 1.29 is 33.0 Å². The maximum atomic E-state index is 13.7. The lowest BCUT2D eigenvalue weighted by atomic mass is 9.96. The zero-order valence-corrected chi connectivity index (χ0v) is 20.0. The van der Waals surface area contributed by atoms with Crippen molar-refractivity contribution in [2.24, 2.45) is 0 Å². The molecule has 1 unspecified atom stereocenters. The first kappa shape index (κ1) is 24.1. The van der Waals surface area contributed by atoms with E-state index in [2.05, 4.69) is 5.32 Å². The maximum Gasteiger partial charge on any atom is 0.256 e. The molecule has 0 bridgehead atoms. The number of rotatable bonds is 5. The number of ether oxygens (including phenoxy) is 3. The van der Waals surface area contributed by atoms with Crippen molar-refractivity contribution in [2.45, 2.75) is 44.5 Å². The first-order valence-electron chi connectivity index (χ1n) is 12.1. The van der Waals surface area contributed by atoms with Crippen LogP contribution in [0.3, 0.4) is 0 Å². The van der Waals surface area contributed by atoms with Gasteiger partial charge in [-0.15, -0.1) is 0 Å². The first-order chi connectivity index (χ1) is 17.4. The van der Waals surface area contributed by atoms with Crippen LogP contribution in [0.1, 0.15) is 42.1 Å².